The third-order valence-electron chi connectivity index (χ3n) is 4.85. The zero-order valence-electron chi connectivity index (χ0n) is 15.4. The van der Waals surface area contributed by atoms with Crippen LogP contribution in [-0.4, -0.2) is 34.2 Å². The monoisotopic (exact) mass is 381 g/mol. The Balaban J connectivity index is 1.69. The van der Waals surface area contributed by atoms with Crippen molar-refractivity contribution >= 4 is 23.0 Å². The van der Waals surface area contributed by atoms with E-state index in [-0.39, 0.29) is 0 Å². The second-order valence-electron chi connectivity index (χ2n) is 6.83. The van der Waals surface area contributed by atoms with Crippen molar-refractivity contribution in [1.29, 1.82) is 0 Å². The summed E-state index contributed by atoms with van der Waals surface area (Å²) >= 11 is 0. The second-order valence-corrected chi connectivity index (χ2v) is 6.83. The highest BCUT2D eigenvalue weighted by Crippen LogP contribution is 2.40. The summed E-state index contributed by atoms with van der Waals surface area (Å²) in [6.45, 7) is 1.72. The summed E-state index contributed by atoms with van der Waals surface area (Å²) in [5, 5.41) is 16.7. The van der Waals surface area contributed by atoms with Crippen LogP contribution in [0, 0.1) is 6.92 Å². The molecule has 1 atom stereocenters. The van der Waals surface area contributed by atoms with Gasteiger partial charge in [-0.05, 0) is 43.5 Å². The maximum Gasteiger partial charge on any atom is 0.330 e. The van der Waals surface area contributed by atoms with Crippen LogP contribution in [-0.2, 0) is 4.79 Å². The Hall–Kier alpha value is -3.42. The van der Waals surface area contributed by atoms with E-state index in [9.17, 15) is 14.7 Å². The lowest BCUT2D eigenvalue weighted by Gasteiger charge is -2.16. The molecule has 2 N–H and O–H groups in total. The van der Waals surface area contributed by atoms with Gasteiger partial charge < -0.3 is 19.7 Å². The highest BCUT2D eigenvalue weighted by atomic mass is 16.5. The lowest BCUT2D eigenvalue weighted by atomic mass is 10.0. The second kappa shape index (κ2) is 6.95. The van der Waals surface area contributed by atoms with Crippen LogP contribution in [0.4, 0.5) is 0 Å². The van der Waals surface area contributed by atoms with Gasteiger partial charge in [-0.25, -0.2) is 9.78 Å². The maximum atomic E-state index is 13.0. The SMILES string of the molecule is COc1ccc(C(NC(=O)c2cc(C3CC3)nc3onc(C)c23)C(=O)O)cc1. The molecular weight excluding hydrogens is 362 g/mol. The molecule has 0 radical (unpaired) electrons. The number of hydrogen-bond acceptors (Lipinski definition) is 6. The standard InChI is InChI=1S/C20H19N3O5/c1-10-16-14(9-15(11-3-4-11)21-19(16)28-23-10)18(24)22-17(20(25)26)12-5-7-13(27-2)8-6-12/h5-9,11,17H,3-4H2,1-2H3,(H,22,24)(H,25,26). The van der Waals surface area contributed by atoms with Crippen LogP contribution in [0.5, 0.6) is 5.75 Å². The van der Waals surface area contributed by atoms with Crippen molar-refractivity contribution < 1.29 is 24.0 Å². The number of nitrogens with one attached hydrogen (secondary N) is 1. The molecule has 0 spiro atoms. The Kier molecular flexibility index (Phi) is 4.46. The van der Waals surface area contributed by atoms with Crippen LogP contribution in [0.25, 0.3) is 11.1 Å². The number of carboxylic acids is 1. The Morgan fingerprint density at radius 2 is 2.00 bits per heavy atom. The first kappa shape index (κ1) is 18.0. The van der Waals surface area contributed by atoms with Crippen LogP contribution in [0.3, 0.4) is 0 Å². The molecule has 2 heterocycles. The van der Waals surface area contributed by atoms with Crippen LogP contribution in [0.2, 0.25) is 0 Å². The predicted octanol–water partition coefficient (Wildman–Crippen LogP) is 2.97. The molecule has 1 aliphatic carbocycles. The van der Waals surface area contributed by atoms with Gasteiger partial charge in [0.1, 0.15) is 5.75 Å². The van der Waals surface area contributed by atoms with Gasteiger partial charge in [-0.3, -0.25) is 4.79 Å². The largest absolute Gasteiger partial charge is 0.497 e. The Labute approximate surface area is 160 Å². The minimum atomic E-state index is -1.20. The van der Waals surface area contributed by atoms with Crippen LogP contribution in [0.15, 0.2) is 34.9 Å². The summed E-state index contributed by atoms with van der Waals surface area (Å²) in [5.41, 5.74) is 2.36. The van der Waals surface area contributed by atoms with Gasteiger partial charge in [-0.2, -0.15) is 0 Å². The highest BCUT2D eigenvalue weighted by Gasteiger charge is 2.30. The fraction of sp³-hybridized carbons (Fsp3) is 0.300. The molecule has 1 unspecified atom stereocenters. The minimum Gasteiger partial charge on any atom is -0.497 e. The third kappa shape index (κ3) is 3.28. The zero-order chi connectivity index (χ0) is 19.8. The van der Waals surface area contributed by atoms with Crippen molar-refractivity contribution in [2.24, 2.45) is 0 Å². The number of carbonyl (C=O) groups excluding carboxylic acids is 1. The van der Waals surface area contributed by atoms with Gasteiger partial charge in [-0.15, -0.1) is 0 Å². The number of amides is 1. The molecule has 1 saturated carbocycles. The van der Waals surface area contributed by atoms with E-state index in [4.69, 9.17) is 9.26 Å². The molecule has 0 aliphatic heterocycles. The summed E-state index contributed by atoms with van der Waals surface area (Å²) in [6.07, 6.45) is 2.02. The molecule has 8 heteroatoms. The van der Waals surface area contributed by atoms with E-state index in [0.29, 0.717) is 39.6 Å². The third-order valence-corrected chi connectivity index (χ3v) is 4.85. The number of fused-ring (bicyclic) bond motifs is 1. The lowest BCUT2D eigenvalue weighted by molar-refractivity contribution is -0.139. The number of nitrogens with zero attached hydrogens (tertiary/aromatic N) is 2. The first-order valence-corrected chi connectivity index (χ1v) is 8.92. The van der Waals surface area contributed by atoms with Crippen LogP contribution < -0.4 is 10.1 Å². The van der Waals surface area contributed by atoms with Gasteiger partial charge in [0, 0.05) is 11.6 Å². The number of ether oxygens (including phenoxy) is 1. The van der Waals surface area contributed by atoms with Crippen molar-refractivity contribution in [1.82, 2.24) is 15.5 Å². The van der Waals surface area contributed by atoms with E-state index < -0.39 is 17.9 Å². The topological polar surface area (TPSA) is 115 Å². The molecule has 1 aromatic carbocycles. The van der Waals surface area contributed by atoms with Crippen molar-refractivity contribution in [2.45, 2.75) is 31.7 Å². The van der Waals surface area contributed by atoms with E-state index >= 15 is 0 Å². The molecular formula is C20H19N3O5. The number of aliphatic carboxylic acids is 1. The van der Waals surface area contributed by atoms with Crippen molar-refractivity contribution in [3.8, 4) is 5.75 Å². The number of aryl methyl sites for hydroxylation is 1. The smallest absolute Gasteiger partial charge is 0.330 e. The number of carbonyl (C=O) groups is 2. The maximum absolute atomic E-state index is 13.0. The average molecular weight is 381 g/mol. The molecule has 28 heavy (non-hydrogen) atoms. The normalized spacial score (nSPS) is 14.6. The molecule has 0 bridgehead atoms. The quantitative estimate of drug-likeness (QED) is 0.674. The van der Waals surface area contributed by atoms with Crippen LogP contribution >= 0.6 is 0 Å². The van der Waals surface area contributed by atoms with E-state index in [1.807, 2.05) is 0 Å². The van der Waals surface area contributed by atoms with Gasteiger partial charge in [0.25, 0.3) is 11.6 Å². The minimum absolute atomic E-state index is 0.295. The average Bonchev–Trinajstić information content (AvgIpc) is 3.48. The number of hydrogen-bond donors (Lipinski definition) is 2. The first-order chi connectivity index (χ1) is 13.5. The van der Waals surface area contributed by atoms with E-state index in [2.05, 4.69) is 15.5 Å². The summed E-state index contributed by atoms with van der Waals surface area (Å²) in [4.78, 5) is 29.3. The molecule has 3 aromatic rings. The number of benzene rings is 1. The van der Waals surface area contributed by atoms with Gasteiger partial charge in [0.2, 0.25) is 0 Å². The van der Waals surface area contributed by atoms with Gasteiger partial charge in [0.15, 0.2) is 6.04 Å². The fourth-order valence-electron chi connectivity index (χ4n) is 3.17. The number of pyridine rings is 1. The van der Waals surface area contributed by atoms with E-state index in [1.165, 1.54) is 7.11 Å². The Morgan fingerprint density at radius 3 is 2.61 bits per heavy atom. The molecule has 144 valence electrons. The highest BCUT2D eigenvalue weighted by molar-refractivity contribution is 6.07. The molecule has 0 saturated heterocycles. The molecule has 1 aliphatic rings. The summed E-state index contributed by atoms with van der Waals surface area (Å²) in [6, 6.07) is 7.04. The first-order valence-electron chi connectivity index (χ1n) is 8.92. The summed E-state index contributed by atoms with van der Waals surface area (Å²) in [5.74, 6) is -0.764. The number of rotatable bonds is 6. The lowest BCUT2D eigenvalue weighted by Crippen LogP contribution is -2.34. The number of aromatic nitrogens is 2. The predicted molar refractivity (Wildman–Crippen MR) is 99.4 cm³/mol. The van der Waals surface area contributed by atoms with E-state index in [0.717, 1.165) is 18.5 Å². The summed E-state index contributed by atoms with van der Waals surface area (Å²) < 4.78 is 10.3. The van der Waals surface area contributed by atoms with E-state index in [1.54, 1.807) is 37.3 Å². The molecule has 1 fully saturated rings. The van der Waals surface area contributed by atoms with Crippen molar-refractivity contribution in [3.05, 3.63) is 52.8 Å². The Bertz CT molecular complexity index is 1050. The van der Waals surface area contributed by atoms with Gasteiger partial charge in [0.05, 0.1) is 23.8 Å². The summed E-state index contributed by atoms with van der Waals surface area (Å²) in [7, 11) is 1.53. The Morgan fingerprint density at radius 1 is 1.29 bits per heavy atom. The van der Waals surface area contributed by atoms with Crippen LogP contribution in [0.1, 0.15) is 52.1 Å². The van der Waals surface area contributed by atoms with Gasteiger partial charge >= 0.3 is 5.97 Å². The van der Waals surface area contributed by atoms with Gasteiger partial charge in [-0.1, -0.05) is 17.3 Å². The number of methoxy groups -OCH3 is 1. The molecule has 1 amide bonds. The van der Waals surface area contributed by atoms with Crippen molar-refractivity contribution in [3.63, 3.8) is 0 Å². The molecule has 8 nitrogen and oxygen atoms in total. The molecule has 4 rings (SSSR count). The van der Waals surface area contributed by atoms with Crippen molar-refractivity contribution in [2.75, 3.05) is 7.11 Å². The fourth-order valence-corrected chi connectivity index (χ4v) is 3.17. The zero-order valence-corrected chi connectivity index (χ0v) is 15.4. The number of carboxylic acid groups (broad SMARTS) is 1. The molecule has 2 aromatic heterocycles.